The molecular formula is C12H19N3O3S. The van der Waals surface area contributed by atoms with Crippen molar-refractivity contribution >= 4 is 15.8 Å². The van der Waals surface area contributed by atoms with Crippen LogP contribution in [-0.2, 0) is 14.8 Å². The minimum atomic E-state index is -3.53. The summed E-state index contributed by atoms with van der Waals surface area (Å²) in [5.74, 6) is 0.647. The fraction of sp³-hybridized carbons (Fsp3) is 0.583. The van der Waals surface area contributed by atoms with E-state index in [-0.39, 0.29) is 10.8 Å². The van der Waals surface area contributed by atoms with E-state index in [4.69, 9.17) is 4.74 Å². The molecule has 0 bridgehead atoms. The Morgan fingerprint density at radius 2 is 2.37 bits per heavy atom. The lowest BCUT2D eigenvalue weighted by Gasteiger charge is -2.13. The molecule has 1 aliphatic heterocycles. The molecule has 2 heterocycles. The van der Waals surface area contributed by atoms with E-state index in [2.05, 4.69) is 15.0 Å². The second-order valence-electron chi connectivity index (χ2n) is 4.46. The van der Waals surface area contributed by atoms with Crippen LogP contribution in [0.3, 0.4) is 0 Å². The molecule has 0 radical (unpaired) electrons. The fourth-order valence-electron chi connectivity index (χ4n) is 1.96. The van der Waals surface area contributed by atoms with Crippen molar-refractivity contribution in [3.05, 3.63) is 18.3 Å². The third-order valence-electron chi connectivity index (χ3n) is 2.99. The van der Waals surface area contributed by atoms with E-state index in [0.29, 0.717) is 32.1 Å². The molecule has 1 fully saturated rings. The fourth-order valence-corrected chi connectivity index (χ4v) is 3.20. The van der Waals surface area contributed by atoms with Gasteiger partial charge in [-0.05, 0) is 31.4 Å². The molecule has 1 saturated heterocycles. The maximum Gasteiger partial charge on any atom is 0.244 e. The van der Waals surface area contributed by atoms with Gasteiger partial charge in [0.2, 0.25) is 10.0 Å². The van der Waals surface area contributed by atoms with Crippen molar-refractivity contribution in [2.45, 2.75) is 18.2 Å². The molecule has 1 aromatic rings. The van der Waals surface area contributed by atoms with Gasteiger partial charge in [0.05, 0.1) is 6.61 Å². The van der Waals surface area contributed by atoms with Gasteiger partial charge in [-0.25, -0.2) is 18.1 Å². The highest BCUT2D eigenvalue weighted by Crippen LogP contribution is 2.18. The highest BCUT2D eigenvalue weighted by molar-refractivity contribution is 7.89. The third-order valence-corrected chi connectivity index (χ3v) is 4.45. The summed E-state index contributed by atoms with van der Waals surface area (Å²) in [7, 11) is -3.53. The summed E-state index contributed by atoms with van der Waals surface area (Å²) in [5, 5.41) is 2.96. The van der Waals surface area contributed by atoms with Crippen LogP contribution >= 0.6 is 0 Å². The first-order chi connectivity index (χ1) is 9.13. The van der Waals surface area contributed by atoms with Crippen LogP contribution in [0.25, 0.3) is 0 Å². The highest BCUT2D eigenvalue weighted by Gasteiger charge is 2.22. The van der Waals surface area contributed by atoms with E-state index in [0.717, 1.165) is 6.42 Å². The molecule has 2 rings (SSSR count). The number of rotatable bonds is 6. The number of hydrogen-bond donors (Lipinski definition) is 2. The van der Waals surface area contributed by atoms with Crippen LogP contribution in [0, 0.1) is 5.92 Å². The molecule has 1 atom stereocenters. The number of nitrogens with zero attached hydrogens (tertiary/aromatic N) is 1. The molecule has 0 aliphatic carbocycles. The van der Waals surface area contributed by atoms with E-state index in [9.17, 15) is 8.42 Å². The Bertz CT molecular complexity index is 513. The minimum absolute atomic E-state index is 0.191. The summed E-state index contributed by atoms with van der Waals surface area (Å²) in [4.78, 5) is 4.25. The number of sulfonamides is 1. The van der Waals surface area contributed by atoms with Gasteiger partial charge >= 0.3 is 0 Å². The standard InChI is InChI=1S/C12H19N3O3S/c1-2-13-12-11(4-3-6-14-12)19(16,17)15-8-10-5-7-18-9-10/h3-4,6,10,15H,2,5,7-9H2,1H3,(H,13,14). The summed E-state index contributed by atoms with van der Waals surface area (Å²) in [6.45, 7) is 4.25. The van der Waals surface area contributed by atoms with Crippen molar-refractivity contribution in [1.82, 2.24) is 9.71 Å². The van der Waals surface area contributed by atoms with Gasteiger partial charge in [-0.1, -0.05) is 0 Å². The Morgan fingerprint density at radius 1 is 1.53 bits per heavy atom. The normalized spacial score (nSPS) is 19.5. The topological polar surface area (TPSA) is 80.3 Å². The SMILES string of the molecule is CCNc1ncccc1S(=O)(=O)NCC1CCOC1. The molecule has 7 heteroatoms. The van der Waals surface area contributed by atoms with Gasteiger partial charge in [0.15, 0.2) is 0 Å². The zero-order valence-corrected chi connectivity index (χ0v) is 11.7. The summed E-state index contributed by atoms with van der Waals surface area (Å²) >= 11 is 0. The lowest BCUT2D eigenvalue weighted by Crippen LogP contribution is -2.30. The predicted octanol–water partition coefficient (Wildman–Crippen LogP) is 0.828. The average molecular weight is 285 g/mol. The van der Waals surface area contributed by atoms with Crippen molar-refractivity contribution in [1.29, 1.82) is 0 Å². The number of aromatic nitrogens is 1. The van der Waals surface area contributed by atoms with E-state index >= 15 is 0 Å². The number of anilines is 1. The van der Waals surface area contributed by atoms with Gasteiger partial charge in [0.1, 0.15) is 10.7 Å². The van der Waals surface area contributed by atoms with Gasteiger partial charge in [-0.15, -0.1) is 0 Å². The number of hydrogen-bond acceptors (Lipinski definition) is 5. The average Bonchev–Trinajstić information content (AvgIpc) is 2.91. The van der Waals surface area contributed by atoms with E-state index in [1.807, 2.05) is 6.92 Å². The molecule has 0 spiro atoms. The zero-order valence-electron chi connectivity index (χ0n) is 10.9. The van der Waals surface area contributed by atoms with E-state index in [1.54, 1.807) is 18.3 Å². The lowest BCUT2D eigenvalue weighted by molar-refractivity contribution is 0.186. The van der Waals surface area contributed by atoms with Crippen molar-refractivity contribution < 1.29 is 13.2 Å². The van der Waals surface area contributed by atoms with Crippen LogP contribution in [0.1, 0.15) is 13.3 Å². The quantitative estimate of drug-likeness (QED) is 0.809. The summed E-state index contributed by atoms with van der Waals surface area (Å²) in [6.07, 6.45) is 2.47. The number of ether oxygens (including phenoxy) is 1. The maximum absolute atomic E-state index is 12.3. The largest absolute Gasteiger partial charge is 0.381 e. The molecule has 2 N–H and O–H groups in total. The first-order valence-electron chi connectivity index (χ1n) is 6.40. The van der Waals surface area contributed by atoms with E-state index in [1.165, 1.54) is 0 Å². The van der Waals surface area contributed by atoms with Crippen LogP contribution in [0.15, 0.2) is 23.2 Å². The zero-order chi connectivity index (χ0) is 13.7. The van der Waals surface area contributed by atoms with Crippen molar-refractivity contribution in [2.75, 3.05) is 31.6 Å². The molecule has 106 valence electrons. The number of nitrogens with one attached hydrogen (secondary N) is 2. The Kier molecular flexibility index (Phi) is 4.73. The second-order valence-corrected chi connectivity index (χ2v) is 6.20. The van der Waals surface area contributed by atoms with Crippen molar-refractivity contribution in [3.63, 3.8) is 0 Å². The predicted molar refractivity (Wildman–Crippen MR) is 72.5 cm³/mol. The van der Waals surface area contributed by atoms with Gasteiger partial charge in [-0.3, -0.25) is 0 Å². The van der Waals surface area contributed by atoms with Crippen LogP contribution < -0.4 is 10.0 Å². The second kappa shape index (κ2) is 6.31. The molecule has 0 amide bonds. The van der Waals surface area contributed by atoms with E-state index < -0.39 is 10.0 Å². The van der Waals surface area contributed by atoms with Crippen molar-refractivity contribution in [2.24, 2.45) is 5.92 Å². The van der Waals surface area contributed by atoms with Gasteiger partial charge < -0.3 is 10.1 Å². The molecule has 1 aromatic heterocycles. The van der Waals surface area contributed by atoms with Crippen LogP contribution in [0.2, 0.25) is 0 Å². The number of pyridine rings is 1. The first-order valence-corrected chi connectivity index (χ1v) is 7.88. The maximum atomic E-state index is 12.3. The Labute approximate surface area is 113 Å². The molecule has 1 unspecified atom stereocenters. The molecule has 0 saturated carbocycles. The molecule has 6 nitrogen and oxygen atoms in total. The van der Waals surface area contributed by atoms with Crippen LogP contribution in [0.4, 0.5) is 5.82 Å². The summed E-state index contributed by atoms with van der Waals surface area (Å²) in [5.41, 5.74) is 0. The molecule has 0 aromatic carbocycles. The third kappa shape index (κ3) is 3.65. The van der Waals surface area contributed by atoms with Crippen molar-refractivity contribution in [3.8, 4) is 0 Å². The summed E-state index contributed by atoms with van der Waals surface area (Å²) in [6, 6.07) is 3.17. The summed E-state index contributed by atoms with van der Waals surface area (Å²) < 4.78 is 32.4. The molecule has 1 aliphatic rings. The van der Waals surface area contributed by atoms with Gasteiger partial charge in [0, 0.05) is 25.9 Å². The Hall–Kier alpha value is -1.18. The minimum Gasteiger partial charge on any atom is -0.381 e. The van der Waals surface area contributed by atoms with Gasteiger partial charge in [-0.2, -0.15) is 0 Å². The molecule has 19 heavy (non-hydrogen) atoms. The lowest BCUT2D eigenvalue weighted by atomic mass is 10.1. The molecular weight excluding hydrogens is 266 g/mol. The monoisotopic (exact) mass is 285 g/mol. The van der Waals surface area contributed by atoms with Crippen LogP contribution in [0.5, 0.6) is 0 Å². The van der Waals surface area contributed by atoms with Crippen LogP contribution in [-0.4, -0.2) is 39.7 Å². The Balaban J connectivity index is 2.09. The van der Waals surface area contributed by atoms with Gasteiger partial charge in [0.25, 0.3) is 0 Å². The Morgan fingerprint density at radius 3 is 3.05 bits per heavy atom. The first kappa shape index (κ1) is 14.2. The highest BCUT2D eigenvalue weighted by atomic mass is 32.2. The smallest absolute Gasteiger partial charge is 0.244 e.